The van der Waals surface area contributed by atoms with E-state index < -0.39 is 0 Å². The van der Waals surface area contributed by atoms with Gasteiger partial charge in [-0.1, -0.05) is 18.7 Å². The lowest BCUT2D eigenvalue weighted by atomic mass is 10.3. The van der Waals surface area contributed by atoms with E-state index in [2.05, 4.69) is 4.98 Å². The highest BCUT2D eigenvalue weighted by Gasteiger charge is 2.25. The molecule has 0 fully saturated rings. The van der Waals surface area contributed by atoms with Gasteiger partial charge in [-0.25, -0.2) is 4.98 Å². The average molecular weight is 314 g/mol. The summed E-state index contributed by atoms with van der Waals surface area (Å²) in [5.41, 5.74) is 0.845. The summed E-state index contributed by atoms with van der Waals surface area (Å²) in [6, 6.07) is 0. The van der Waals surface area contributed by atoms with Crippen LogP contribution < -0.4 is 5.56 Å². The molecule has 0 saturated heterocycles. The molecule has 0 aliphatic carbocycles. The lowest BCUT2D eigenvalue weighted by molar-refractivity contribution is -0.142. The molecule has 1 atom stereocenters. The van der Waals surface area contributed by atoms with Gasteiger partial charge in [-0.2, -0.15) is 0 Å². The van der Waals surface area contributed by atoms with E-state index in [-0.39, 0.29) is 16.8 Å². The molecule has 0 aromatic carbocycles. The van der Waals surface area contributed by atoms with Crippen molar-refractivity contribution < 1.29 is 9.53 Å². The first-order valence-electron chi connectivity index (χ1n) is 6.64. The van der Waals surface area contributed by atoms with Crippen molar-refractivity contribution in [1.29, 1.82) is 0 Å². The number of fused-ring (bicyclic) bond motifs is 1. The molecule has 1 aromatic heterocycles. The van der Waals surface area contributed by atoms with Crippen LogP contribution in [0.2, 0.25) is 0 Å². The third kappa shape index (κ3) is 3.03. The van der Waals surface area contributed by atoms with Crippen molar-refractivity contribution in [2.24, 2.45) is 7.05 Å². The normalized spacial score (nSPS) is 14.9. The Labute approximate surface area is 126 Å². The third-order valence-electron chi connectivity index (χ3n) is 3.03. The molecule has 1 aliphatic rings. The van der Waals surface area contributed by atoms with Gasteiger partial charge in [0, 0.05) is 19.2 Å². The molecule has 0 amide bonds. The molecule has 20 heavy (non-hydrogen) atoms. The summed E-state index contributed by atoms with van der Waals surface area (Å²) in [5, 5.41) is 0.274. The zero-order chi connectivity index (χ0) is 14.7. The lowest BCUT2D eigenvalue weighted by Gasteiger charge is -2.15. The van der Waals surface area contributed by atoms with Crippen LogP contribution in [0.4, 0.5) is 0 Å². The standard InChI is InChI=1S/C13H18N2O3S2/c1-4-9(12(17)18-5-2)20-13-14-8-6-7-19-10(8)11(16)15(13)3/h9H,4-7H2,1-3H3. The Morgan fingerprint density at radius 2 is 2.30 bits per heavy atom. The van der Waals surface area contributed by atoms with Gasteiger partial charge in [-0.3, -0.25) is 14.2 Å². The van der Waals surface area contributed by atoms with Crippen LogP contribution in [0.3, 0.4) is 0 Å². The molecule has 1 aromatic rings. The number of aryl methyl sites for hydroxylation is 1. The minimum atomic E-state index is -0.319. The number of esters is 1. The van der Waals surface area contributed by atoms with E-state index in [0.29, 0.717) is 18.2 Å². The summed E-state index contributed by atoms with van der Waals surface area (Å²) in [5.74, 6) is 0.657. The second kappa shape index (κ2) is 6.67. The second-order valence-corrected chi connectivity index (χ2v) is 6.67. The molecule has 0 radical (unpaired) electrons. The van der Waals surface area contributed by atoms with Gasteiger partial charge >= 0.3 is 5.97 Å². The number of thioether (sulfide) groups is 2. The maximum Gasteiger partial charge on any atom is 0.319 e. The van der Waals surface area contributed by atoms with E-state index in [1.165, 1.54) is 16.3 Å². The van der Waals surface area contributed by atoms with Gasteiger partial charge in [0.15, 0.2) is 5.16 Å². The highest BCUT2D eigenvalue weighted by Crippen LogP contribution is 2.30. The van der Waals surface area contributed by atoms with E-state index in [9.17, 15) is 9.59 Å². The Hall–Kier alpha value is -0.950. The molecule has 2 heterocycles. The average Bonchev–Trinajstić information content (AvgIpc) is 2.89. The van der Waals surface area contributed by atoms with E-state index in [4.69, 9.17) is 4.74 Å². The quantitative estimate of drug-likeness (QED) is 0.470. The van der Waals surface area contributed by atoms with E-state index in [1.807, 2.05) is 6.92 Å². The molecular weight excluding hydrogens is 296 g/mol. The molecule has 1 aliphatic heterocycles. The van der Waals surface area contributed by atoms with Crippen LogP contribution in [-0.2, 0) is 23.0 Å². The van der Waals surface area contributed by atoms with Crippen LogP contribution in [0.25, 0.3) is 0 Å². The van der Waals surface area contributed by atoms with Crippen LogP contribution in [0.15, 0.2) is 14.8 Å². The van der Waals surface area contributed by atoms with Crippen molar-refractivity contribution in [1.82, 2.24) is 9.55 Å². The van der Waals surface area contributed by atoms with Gasteiger partial charge in [-0.05, 0) is 13.3 Å². The first kappa shape index (κ1) is 15.4. The molecule has 0 saturated carbocycles. The molecule has 110 valence electrons. The maximum absolute atomic E-state index is 12.2. The van der Waals surface area contributed by atoms with Gasteiger partial charge in [0.2, 0.25) is 0 Å². The van der Waals surface area contributed by atoms with Crippen LogP contribution >= 0.6 is 23.5 Å². The van der Waals surface area contributed by atoms with Gasteiger partial charge in [-0.15, -0.1) is 11.8 Å². The molecule has 5 nitrogen and oxygen atoms in total. The summed E-state index contributed by atoms with van der Waals surface area (Å²) in [4.78, 5) is 29.4. The third-order valence-corrected chi connectivity index (χ3v) is 5.53. The number of aromatic nitrogens is 2. The first-order chi connectivity index (χ1) is 9.58. The van der Waals surface area contributed by atoms with Crippen molar-refractivity contribution in [3.8, 4) is 0 Å². The Kier molecular flexibility index (Phi) is 5.15. The van der Waals surface area contributed by atoms with Crippen molar-refractivity contribution >= 4 is 29.5 Å². The van der Waals surface area contributed by atoms with Gasteiger partial charge in [0.25, 0.3) is 5.56 Å². The van der Waals surface area contributed by atoms with Crippen LogP contribution in [-0.4, -0.2) is 33.1 Å². The minimum absolute atomic E-state index is 0.0151. The molecule has 7 heteroatoms. The summed E-state index contributed by atoms with van der Waals surface area (Å²) in [6.07, 6.45) is 1.46. The minimum Gasteiger partial charge on any atom is -0.465 e. The Morgan fingerprint density at radius 1 is 1.55 bits per heavy atom. The highest BCUT2D eigenvalue weighted by atomic mass is 32.2. The van der Waals surface area contributed by atoms with Crippen LogP contribution in [0.1, 0.15) is 26.0 Å². The summed E-state index contributed by atoms with van der Waals surface area (Å²) < 4.78 is 6.58. The number of hydrogen-bond donors (Lipinski definition) is 0. The predicted octanol–water partition coefficient (Wildman–Crippen LogP) is 1.86. The number of rotatable bonds is 5. The fraction of sp³-hybridized carbons (Fsp3) is 0.615. The van der Waals surface area contributed by atoms with Crippen molar-refractivity contribution in [3.63, 3.8) is 0 Å². The Morgan fingerprint density at radius 3 is 2.95 bits per heavy atom. The number of carbonyl (C=O) groups excluding carboxylic acids is 1. The molecule has 0 spiro atoms. The molecule has 2 rings (SSSR count). The highest BCUT2D eigenvalue weighted by molar-refractivity contribution is 8.00. The monoisotopic (exact) mass is 314 g/mol. The summed E-state index contributed by atoms with van der Waals surface area (Å²) >= 11 is 2.87. The summed E-state index contributed by atoms with van der Waals surface area (Å²) in [7, 11) is 1.70. The topological polar surface area (TPSA) is 61.2 Å². The SMILES string of the molecule is CCOC(=O)C(CC)Sc1nc2c(c(=O)n1C)SCC2. The molecular formula is C13H18N2O3S2. The van der Waals surface area contributed by atoms with Crippen molar-refractivity contribution in [2.45, 2.75) is 42.0 Å². The molecule has 0 bridgehead atoms. The Balaban J connectivity index is 2.27. The number of ether oxygens (including phenoxy) is 1. The van der Waals surface area contributed by atoms with Gasteiger partial charge < -0.3 is 4.74 Å². The van der Waals surface area contributed by atoms with Crippen molar-refractivity contribution in [3.05, 3.63) is 16.0 Å². The van der Waals surface area contributed by atoms with Crippen molar-refractivity contribution in [2.75, 3.05) is 12.4 Å². The number of hydrogen-bond acceptors (Lipinski definition) is 6. The fourth-order valence-electron chi connectivity index (χ4n) is 1.93. The Bertz CT molecular complexity index is 571. The second-order valence-electron chi connectivity index (χ2n) is 4.40. The van der Waals surface area contributed by atoms with E-state index in [1.54, 1.807) is 25.7 Å². The zero-order valence-corrected chi connectivity index (χ0v) is 13.5. The summed E-state index contributed by atoms with van der Waals surface area (Å²) in [6.45, 7) is 4.08. The smallest absolute Gasteiger partial charge is 0.319 e. The maximum atomic E-state index is 12.2. The van der Waals surface area contributed by atoms with Crippen LogP contribution in [0.5, 0.6) is 0 Å². The van der Waals surface area contributed by atoms with E-state index in [0.717, 1.165) is 22.8 Å². The fourth-order valence-corrected chi connectivity index (χ4v) is 4.00. The molecule has 0 N–H and O–H groups in total. The van der Waals surface area contributed by atoms with E-state index >= 15 is 0 Å². The number of carbonyl (C=O) groups is 1. The lowest BCUT2D eigenvalue weighted by Crippen LogP contribution is -2.25. The molecule has 1 unspecified atom stereocenters. The zero-order valence-electron chi connectivity index (χ0n) is 11.8. The largest absolute Gasteiger partial charge is 0.465 e. The van der Waals surface area contributed by atoms with Crippen LogP contribution in [0, 0.1) is 0 Å². The predicted molar refractivity (Wildman–Crippen MR) is 80.5 cm³/mol. The first-order valence-corrected chi connectivity index (χ1v) is 8.51. The number of nitrogens with zero attached hydrogens (tertiary/aromatic N) is 2. The van der Waals surface area contributed by atoms with Gasteiger partial charge in [0.05, 0.1) is 17.2 Å². The van der Waals surface area contributed by atoms with Gasteiger partial charge in [0.1, 0.15) is 5.25 Å².